The maximum atomic E-state index is 12.1. The topological polar surface area (TPSA) is 42.0 Å². The van der Waals surface area contributed by atoms with Crippen LogP contribution >= 0.6 is 15.9 Å². The molecule has 0 bridgehead atoms. The molecule has 2 aliphatic rings. The zero-order valence-corrected chi connectivity index (χ0v) is 21.0. The molecule has 6 heteroatoms. The zero-order chi connectivity index (χ0) is 22.2. The van der Waals surface area contributed by atoms with Gasteiger partial charge in [-0.25, -0.2) is 0 Å². The molecular formula is C25H39BrN2O3. The number of ether oxygens (including phenoxy) is 2. The quantitative estimate of drug-likeness (QED) is 0.495. The van der Waals surface area contributed by atoms with E-state index in [9.17, 15) is 4.79 Å². The van der Waals surface area contributed by atoms with Crippen molar-refractivity contribution in [2.75, 3.05) is 46.4 Å². The van der Waals surface area contributed by atoms with Gasteiger partial charge in [-0.3, -0.25) is 4.79 Å². The van der Waals surface area contributed by atoms with Gasteiger partial charge >= 0.3 is 0 Å². The second-order valence-electron chi connectivity index (χ2n) is 9.48. The molecule has 3 rings (SSSR count). The Kier molecular flexibility index (Phi) is 9.67. The fourth-order valence-corrected chi connectivity index (χ4v) is 5.29. The van der Waals surface area contributed by atoms with Crippen LogP contribution in [0.2, 0.25) is 0 Å². The van der Waals surface area contributed by atoms with Gasteiger partial charge in [0.15, 0.2) is 0 Å². The fourth-order valence-electron chi connectivity index (χ4n) is 4.89. The third kappa shape index (κ3) is 7.76. The van der Waals surface area contributed by atoms with Crippen LogP contribution in [0.1, 0.15) is 51.5 Å². The lowest BCUT2D eigenvalue weighted by Gasteiger charge is -2.36. The van der Waals surface area contributed by atoms with Gasteiger partial charge in [0.25, 0.3) is 0 Å². The minimum Gasteiger partial charge on any atom is -0.491 e. The second-order valence-corrected chi connectivity index (χ2v) is 10.3. The highest BCUT2D eigenvalue weighted by atomic mass is 79.9. The standard InChI is InChI=1S/C25H39BrN2O3/c1-19(2)31-23-6-7-24(26)22(16-23)15-20-8-12-27(13-9-20)14-10-21-5-4-11-28(17-21)25(29)18-30-3/h6-7,16,19-21H,4-5,8-15,17-18H2,1-3H3. The molecule has 2 heterocycles. The van der Waals surface area contributed by atoms with Crippen LogP contribution in [0.4, 0.5) is 0 Å². The van der Waals surface area contributed by atoms with Crippen molar-refractivity contribution >= 4 is 21.8 Å². The fraction of sp³-hybridized carbons (Fsp3) is 0.720. The molecule has 174 valence electrons. The highest BCUT2D eigenvalue weighted by Crippen LogP contribution is 2.29. The van der Waals surface area contributed by atoms with E-state index in [2.05, 4.69) is 46.8 Å². The Hall–Kier alpha value is -1.11. The number of rotatable bonds is 9. The molecule has 0 saturated carbocycles. The van der Waals surface area contributed by atoms with E-state index >= 15 is 0 Å². The maximum absolute atomic E-state index is 12.1. The molecule has 0 aromatic heterocycles. The van der Waals surface area contributed by atoms with E-state index in [1.165, 1.54) is 48.8 Å². The molecule has 1 aromatic carbocycles. The molecule has 5 nitrogen and oxygen atoms in total. The van der Waals surface area contributed by atoms with E-state index in [4.69, 9.17) is 9.47 Å². The number of amides is 1. The number of hydrogen-bond acceptors (Lipinski definition) is 4. The molecular weight excluding hydrogens is 456 g/mol. The van der Waals surface area contributed by atoms with Gasteiger partial charge in [-0.15, -0.1) is 0 Å². The van der Waals surface area contributed by atoms with Crippen LogP contribution < -0.4 is 4.74 Å². The summed E-state index contributed by atoms with van der Waals surface area (Å²) in [7, 11) is 1.60. The summed E-state index contributed by atoms with van der Waals surface area (Å²) in [6.07, 6.45) is 7.39. The van der Waals surface area contributed by atoms with Gasteiger partial charge in [0.2, 0.25) is 5.91 Å². The number of hydrogen-bond donors (Lipinski definition) is 0. The number of piperidine rings is 2. The Morgan fingerprint density at radius 1 is 1.16 bits per heavy atom. The lowest BCUT2D eigenvalue weighted by molar-refractivity contribution is -0.137. The third-order valence-electron chi connectivity index (χ3n) is 6.60. The van der Waals surface area contributed by atoms with Gasteiger partial charge in [-0.05, 0) is 108 Å². The lowest BCUT2D eigenvalue weighted by atomic mass is 9.89. The molecule has 0 N–H and O–H groups in total. The normalized spacial score (nSPS) is 20.9. The van der Waals surface area contributed by atoms with Gasteiger partial charge in [-0.2, -0.15) is 0 Å². The van der Waals surface area contributed by atoms with E-state index in [-0.39, 0.29) is 18.6 Å². The van der Waals surface area contributed by atoms with Crippen molar-refractivity contribution in [3.8, 4) is 5.75 Å². The molecule has 1 aromatic rings. The smallest absolute Gasteiger partial charge is 0.248 e. The zero-order valence-electron chi connectivity index (χ0n) is 19.4. The Morgan fingerprint density at radius 3 is 2.65 bits per heavy atom. The summed E-state index contributed by atoms with van der Waals surface area (Å²) in [5.41, 5.74) is 1.36. The highest BCUT2D eigenvalue weighted by molar-refractivity contribution is 9.10. The summed E-state index contributed by atoms with van der Waals surface area (Å²) in [6.45, 7) is 9.67. The number of carbonyl (C=O) groups is 1. The molecule has 1 atom stereocenters. The number of carbonyl (C=O) groups excluding carboxylic acids is 1. The lowest BCUT2D eigenvalue weighted by Crippen LogP contribution is -2.43. The van der Waals surface area contributed by atoms with Gasteiger partial charge in [0.05, 0.1) is 6.10 Å². The Balaban J connectivity index is 1.40. The SMILES string of the molecule is COCC(=O)N1CCCC(CCN2CCC(Cc3cc(OC(C)C)ccc3Br)CC2)C1. The number of methoxy groups -OCH3 is 1. The van der Waals surface area contributed by atoms with Crippen molar-refractivity contribution in [3.05, 3.63) is 28.2 Å². The first-order valence-electron chi connectivity index (χ1n) is 11.9. The number of nitrogens with zero attached hydrogens (tertiary/aromatic N) is 2. The van der Waals surface area contributed by atoms with Gasteiger partial charge < -0.3 is 19.3 Å². The molecule has 1 amide bonds. The monoisotopic (exact) mass is 494 g/mol. The van der Waals surface area contributed by atoms with Crippen LogP contribution in [-0.4, -0.2) is 68.3 Å². The highest BCUT2D eigenvalue weighted by Gasteiger charge is 2.25. The van der Waals surface area contributed by atoms with E-state index in [0.717, 1.165) is 44.1 Å². The van der Waals surface area contributed by atoms with Gasteiger partial charge in [-0.1, -0.05) is 15.9 Å². The Bertz CT molecular complexity index is 704. The number of likely N-dealkylation sites (tertiary alicyclic amines) is 2. The van der Waals surface area contributed by atoms with Crippen LogP contribution in [0.3, 0.4) is 0 Å². The van der Waals surface area contributed by atoms with E-state index in [0.29, 0.717) is 5.92 Å². The molecule has 2 aliphatic heterocycles. The van der Waals surface area contributed by atoms with Crippen molar-refractivity contribution in [2.24, 2.45) is 11.8 Å². The molecule has 0 radical (unpaired) electrons. The second kappa shape index (κ2) is 12.2. The summed E-state index contributed by atoms with van der Waals surface area (Å²) in [6, 6.07) is 6.37. The summed E-state index contributed by atoms with van der Waals surface area (Å²) in [5, 5.41) is 0. The van der Waals surface area contributed by atoms with Crippen LogP contribution in [0, 0.1) is 11.8 Å². The minimum absolute atomic E-state index is 0.141. The molecule has 2 fully saturated rings. The largest absolute Gasteiger partial charge is 0.491 e. The van der Waals surface area contributed by atoms with Crippen molar-refractivity contribution in [3.63, 3.8) is 0 Å². The van der Waals surface area contributed by atoms with E-state index in [1.807, 2.05) is 11.0 Å². The van der Waals surface area contributed by atoms with Crippen molar-refractivity contribution in [1.82, 2.24) is 9.80 Å². The molecule has 31 heavy (non-hydrogen) atoms. The maximum Gasteiger partial charge on any atom is 0.248 e. The van der Waals surface area contributed by atoms with Gasteiger partial charge in [0.1, 0.15) is 12.4 Å². The van der Waals surface area contributed by atoms with E-state index in [1.54, 1.807) is 7.11 Å². The van der Waals surface area contributed by atoms with Crippen LogP contribution in [-0.2, 0) is 16.0 Å². The summed E-state index contributed by atoms with van der Waals surface area (Å²) in [5.74, 6) is 2.48. The predicted molar refractivity (Wildman–Crippen MR) is 129 cm³/mol. The third-order valence-corrected chi connectivity index (χ3v) is 7.37. The number of benzene rings is 1. The van der Waals surface area contributed by atoms with Gasteiger partial charge in [0, 0.05) is 24.7 Å². The number of halogens is 1. The van der Waals surface area contributed by atoms with E-state index < -0.39 is 0 Å². The first kappa shape index (κ1) is 24.5. The van der Waals surface area contributed by atoms with Crippen LogP contribution in [0.25, 0.3) is 0 Å². The average molecular weight is 496 g/mol. The first-order chi connectivity index (χ1) is 14.9. The van der Waals surface area contributed by atoms with Crippen molar-refractivity contribution in [2.45, 2.75) is 58.5 Å². The first-order valence-corrected chi connectivity index (χ1v) is 12.7. The van der Waals surface area contributed by atoms with Crippen molar-refractivity contribution in [1.29, 1.82) is 0 Å². The molecule has 0 aliphatic carbocycles. The summed E-state index contributed by atoms with van der Waals surface area (Å²) >= 11 is 3.73. The minimum atomic E-state index is 0.141. The van der Waals surface area contributed by atoms with Crippen molar-refractivity contribution < 1.29 is 14.3 Å². The Morgan fingerprint density at radius 2 is 1.94 bits per heavy atom. The molecule has 2 saturated heterocycles. The molecule has 0 spiro atoms. The summed E-state index contributed by atoms with van der Waals surface area (Å²) < 4.78 is 12.1. The average Bonchev–Trinajstić information content (AvgIpc) is 2.75. The molecule has 1 unspecified atom stereocenters. The Labute approximate surface area is 196 Å². The van der Waals surface area contributed by atoms with Crippen LogP contribution in [0.5, 0.6) is 5.75 Å². The van der Waals surface area contributed by atoms with Crippen LogP contribution in [0.15, 0.2) is 22.7 Å². The predicted octanol–water partition coefficient (Wildman–Crippen LogP) is 4.77. The summed E-state index contributed by atoms with van der Waals surface area (Å²) in [4.78, 5) is 16.7.